The maximum absolute atomic E-state index is 5.73. The van der Waals surface area contributed by atoms with Gasteiger partial charge < -0.3 is 0 Å². The van der Waals surface area contributed by atoms with Crippen molar-refractivity contribution < 1.29 is 0 Å². The van der Waals surface area contributed by atoms with Crippen LogP contribution in [0.5, 0.6) is 0 Å². The van der Waals surface area contributed by atoms with Crippen molar-refractivity contribution in [2.45, 2.75) is 17.2 Å². The molecule has 0 N–H and O–H groups in total. The Bertz CT molecular complexity index is 429. The van der Waals surface area contributed by atoms with Gasteiger partial charge in [-0.15, -0.1) is 23.4 Å². The predicted molar refractivity (Wildman–Crippen MR) is 59.0 cm³/mol. The molecular formula is C9H10ClN3S. The van der Waals surface area contributed by atoms with Crippen molar-refractivity contribution in [3.8, 4) is 0 Å². The zero-order valence-corrected chi connectivity index (χ0v) is 9.29. The summed E-state index contributed by atoms with van der Waals surface area (Å²) in [6, 6.07) is 3.84. The molecule has 2 heterocycles. The first kappa shape index (κ1) is 9.80. The lowest BCUT2D eigenvalue weighted by Crippen LogP contribution is -1.98. The van der Waals surface area contributed by atoms with Crippen molar-refractivity contribution in [3.63, 3.8) is 0 Å². The Morgan fingerprint density at radius 3 is 3.21 bits per heavy atom. The minimum Gasteiger partial charge on any atom is -0.223 e. The molecule has 0 saturated heterocycles. The van der Waals surface area contributed by atoms with Crippen LogP contribution in [-0.4, -0.2) is 25.7 Å². The fourth-order valence-corrected chi connectivity index (χ4v) is 2.05. The SMILES string of the molecule is CC(CCl)Sc1ccn2nccc2n1. The Hall–Kier alpha value is -0.740. The van der Waals surface area contributed by atoms with E-state index in [0.29, 0.717) is 11.1 Å². The summed E-state index contributed by atoms with van der Waals surface area (Å²) in [5.41, 5.74) is 0.872. The van der Waals surface area contributed by atoms with Gasteiger partial charge in [-0.3, -0.25) is 0 Å². The fourth-order valence-electron chi connectivity index (χ4n) is 1.10. The molecule has 0 bridgehead atoms. The average Bonchev–Trinajstić information content (AvgIpc) is 2.64. The third-order valence-electron chi connectivity index (χ3n) is 1.77. The molecule has 0 aliphatic carbocycles. The van der Waals surface area contributed by atoms with E-state index in [0.717, 1.165) is 10.7 Å². The van der Waals surface area contributed by atoms with Gasteiger partial charge in [-0.1, -0.05) is 6.92 Å². The summed E-state index contributed by atoms with van der Waals surface area (Å²) in [5, 5.41) is 5.45. The zero-order valence-electron chi connectivity index (χ0n) is 7.72. The minimum absolute atomic E-state index is 0.384. The highest BCUT2D eigenvalue weighted by molar-refractivity contribution is 7.99. The zero-order chi connectivity index (χ0) is 9.97. The van der Waals surface area contributed by atoms with Crippen LogP contribution in [-0.2, 0) is 0 Å². The summed E-state index contributed by atoms with van der Waals surface area (Å²) in [5.74, 6) is 0.636. The van der Waals surface area contributed by atoms with E-state index in [1.165, 1.54) is 0 Å². The van der Waals surface area contributed by atoms with E-state index in [4.69, 9.17) is 11.6 Å². The number of alkyl halides is 1. The predicted octanol–water partition coefficient (Wildman–Crippen LogP) is 2.45. The first-order valence-electron chi connectivity index (χ1n) is 4.32. The molecule has 0 amide bonds. The molecule has 1 atom stereocenters. The second-order valence-corrected chi connectivity index (χ2v) is 4.75. The Labute approximate surface area is 91.5 Å². The summed E-state index contributed by atoms with van der Waals surface area (Å²) in [4.78, 5) is 4.43. The number of halogens is 1. The molecule has 1 unspecified atom stereocenters. The van der Waals surface area contributed by atoms with Gasteiger partial charge in [0.25, 0.3) is 0 Å². The van der Waals surface area contributed by atoms with Crippen LogP contribution in [0.3, 0.4) is 0 Å². The van der Waals surface area contributed by atoms with Gasteiger partial charge in [-0.05, 0) is 6.07 Å². The monoisotopic (exact) mass is 227 g/mol. The number of rotatable bonds is 3. The standard InChI is InChI=1S/C9H10ClN3S/c1-7(6-10)14-9-3-5-13-8(12-9)2-4-11-13/h2-5,7H,6H2,1H3. The maximum Gasteiger partial charge on any atom is 0.156 e. The number of nitrogens with zero attached hydrogens (tertiary/aromatic N) is 3. The topological polar surface area (TPSA) is 30.2 Å². The van der Waals surface area contributed by atoms with Gasteiger partial charge in [-0.2, -0.15) is 5.10 Å². The highest BCUT2D eigenvalue weighted by atomic mass is 35.5. The van der Waals surface area contributed by atoms with Gasteiger partial charge >= 0.3 is 0 Å². The first-order valence-corrected chi connectivity index (χ1v) is 5.74. The third kappa shape index (κ3) is 2.01. The molecule has 2 rings (SSSR count). The Kier molecular flexibility index (Phi) is 2.93. The lowest BCUT2D eigenvalue weighted by molar-refractivity contribution is 0.913. The summed E-state index contributed by atoms with van der Waals surface area (Å²) >= 11 is 7.41. The molecular weight excluding hydrogens is 218 g/mol. The molecule has 5 heteroatoms. The van der Waals surface area contributed by atoms with Gasteiger partial charge in [0.05, 0.1) is 6.20 Å². The van der Waals surface area contributed by atoms with E-state index in [9.17, 15) is 0 Å². The number of hydrogen-bond acceptors (Lipinski definition) is 3. The van der Waals surface area contributed by atoms with Gasteiger partial charge in [0.2, 0.25) is 0 Å². The number of thioether (sulfide) groups is 1. The lowest BCUT2D eigenvalue weighted by atomic mass is 10.6. The van der Waals surface area contributed by atoms with Crippen LogP contribution in [0.1, 0.15) is 6.92 Å². The molecule has 0 saturated carbocycles. The average molecular weight is 228 g/mol. The van der Waals surface area contributed by atoms with Crippen LogP contribution in [0, 0.1) is 0 Å². The number of hydrogen-bond donors (Lipinski definition) is 0. The number of fused-ring (bicyclic) bond motifs is 1. The molecule has 2 aromatic heterocycles. The van der Waals surface area contributed by atoms with Crippen molar-refractivity contribution >= 4 is 29.0 Å². The third-order valence-corrected chi connectivity index (χ3v) is 3.46. The minimum atomic E-state index is 0.384. The Morgan fingerprint density at radius 1 is 1.57 bits per heavy atom. The fraction of sp³-hybridized carbons (Fsp3) is 0.333. The van der Waals surface area contributed by atoms with Crippen molar-refractivity contribution in [1.29, 1.82) is 0 Å². The molecule has 0 fully saturated rings. The van der Waals surface area contributed by atoms with E-state index in [2.05, 4.69) is 17.0 Å². The molecule has 2 aromatic rings. The van der Waals surface area contributed by atoms with Crippen molar-refractivity contribution in [3.05, 3.63) is 24.5 Å². The second-order valence-electron chi connectivity index (χ2n) is 2.98. The molecule has 74 valence electrons. The molecule has 3 nitrogen and oxygen atoms in total. The van der Waals surface area contributed by atoms with Crippen molar-refractivity contribution in [2.24, 2.45) is 0 Å². The largest absolute Gasteiger partial charge is 0.223 e. The van der Waals surface area contributed by atoms with Crippen molar-refractivity contribution in [2.75, 3.05) is 5.88 Å². The van der Waals surface area contributed by atoms with Crippen LogP contribution >= 0.6 is 23.4 Å². The summed E-state index contributed by atoms with van der Waals surface area (Å²) in [6.07, 6.45) is 3.65. The highest BCUT2D eigenvalue weighted by Gasteiger charge is 2.04. The van der Waals surface area contributed by atoms with E-state index < -0.39 is 0 Å². The smallest absolute Gasteiger partial charge is 0.156 e. The van der Waals surface area contributed by atoms with Gasteiger partial charge in [0.15, 0.2) is 5.65 Å². The summed E-state index contributed by atoms with van der Waals surface area (Å²) < 4.78 is 1.75. The molecule has 0 radical (unpaired) electrons. The number of aromatic nitrogens is 3. The summed E-state index contributed by atoms with van der Waals surface area (Å²) in [6.45, 7) is 2.08. The quantitative estimate of drug-likeness (QED) is 0.459. The molecule has 0 spiro atoms. The summed E-state index contributed by atoms with van der Waals surface area (Å²) in [7, 11) is 0. The normalized spacial score (nSPS) is 13.3. The van der Waals surface area contributed by atoms with E-state index >= 15 is 0 Å². The van der Waals surface area contributed by atoms with Crippen molar-refractivity contribution in [1.82, 2.24) is 14.6 Å². The van der Waals surface area contributed by atoms with Gasteiger partial charge in [-0.25, -0.2) is 9.50 Å². The maximum atomic E-state index is 5.73. The van der Waals surface area contributed by atoms with Gasteiger partial charge in [0, 0.05) is 23.4 Å². The van der Waals surface area contributed by atoms with Crippen LogP contribution in [0.2, 0.25) is 0 Å². The van der Waals surface area contributed by atoms with Gasteiger partial charge in [0.1, 0.15) is 5.03 Å². The Balaban J connectivity index is 2.25. The first-order chi connectivity index (χ1) is 6.79. The van der Waals surface area contributed by atoms with Crippen LogP contribution in [0.25, 0.3) is 5.65 Å². The molecule has 0 aliphatic rings. The van der Waals surface area contributed by atoms with E-state index in [1.54, 1.807) is 22.5 Å². The lowest BCUT2D eigenvalue weighted by Gasteiger charge is -2.05. The van der Waals surface area contributed by atoms with Crippen LogP contribution in [0.4, 0.5) is 0 Å². The van der Waals surface area contributed by atoms with E-state index in [1.807, 2.05) is 18.3 Å². The molecule has 14 heavy (non-hydrogen) atoms. The molecule has 0 aliphatic heterocycles. The van der Waals surface area contributed by atoms with E-state index in [-0.39, 0.29) is 0 Å². The van der Waals surface area contributed by atoms with Crippen LogP contribution < -0.4 is 0 Å². The Morgan fingerprint density at radius 2 is 2.43 bits per heavy atom. The molecule has 0 aromatic carbocycles. The highest BCUT2D eigenvalue weighted by Crippen LogP contribution is 2.21. The van der Waals surface area contributed by atoms with Crippen LogP contribution in [0.15, 0.2) is 29.6 Å². The second kappa shape index (κ2) is 4.19.